The number of nitrogens with one attached hydrogen (secondary N) is 1. The monoisotopic (exact) mass is 447 g/mol. The molecule has 1 spiro atoms. The van der Waals surface area contributed by atoms with E-state index in [1.165, 1.54) is 25.7 Å². The Morgan fingerprint density at radius 2 is 2.00 bits per heavy atom. The number of hydrogen-bond acceptors (Lipinski definition) is 5. The second-order valence-corrected chi connectivity index (χ2v) is 11.2. The molecular formula is C23H30ClN3O2S. The third kappa shape index (κ3) is 3.93. The minimum atomic E-state index is -0.158. The molecular weight excluding hydrogens is 418 g/mol. The average molecular weight is 448 g/mol. The number of carbonyl (C=O) groups is 1. The molecule has 162 valence electrons. The minimum Gasteiger partial charge on any atom is -0.423 e. The first-order valence-corrected chi connectivity index (χ1v) is 12.7. The first-order valence-electron chi connectivity index (χ1n) is 11.1. The number of carbonyl (C=O) groups excluding carboxylic acids is 1. The number of anilines is 1. The van der Waals surface area contributed by atoms with Gasteiger partial charge in [-0.05, 0) is 81.2 Å². The zero-order valence-corrected chi connectivity index (χ0v) is 19.2. The van der Waals surface area contributed by atoms with Gasteiger partial charge in [-0.2, -0.15) is 16.7 Å². The number of oxazole rings is 1. The van der Waals surface area contributed by atoms with Crippen LogP contribution >= 0.6 is 23.4 Å². The van der Waals surface area contributed by atoms with Gasteiger partial charge in [-0.15, -0.1) is 0 Å². The van der Waals surface area contributed by atoms with Gasteiger partial charge in [0, 0.05) is 29.9 Å². The summed E-state index contributed by atoms with van der Waals surface area (Å²) >= 11 is 7.98. The van der Waals surface area contributed by atoms with Crippen molar-refractivity contribution in [3.8, 4) is 0 Å². The molecule has 1 saturated carbocycles. The Balaban J connectivity index is 1.15. The maximum atomic E-state index is 12.7. The topological polar surface area (TPSA) is 58.4 Å². The Morgan fingerprint density at radius 1 is 1.23 bits per heavy atom. The zero-order valence-electron chi connectivity index (χ0n) is 17.6. The number of nitrogens with zero attached hydrogens (tertiary/aromatic N) is 2. The number of benzene rings is 1. The molecule has 1 N–H and O–H groups in total. The first-order chi connectivity index (χ1) is 14.4. The van der Waals surface area contributed by atoms with Crippen LogP contribution in [0.3, 0.4) is 0 Å². The van der Waals surface area contributed by atoms with E-state index in [1.807, 2.05) is 30.0 Å². The van der Waals surface area contributed by atoms with Crippen LogP contribution in [-0.4, -0.2) is 41.5 Å². The first kappa shape index (κ1) is 20.5. The third-order valence-electron chi connectivity index (χ3n) is 7.58. The van der Waals surface area contributed by atoms with E-state index in [4.69, 9.17) is 16.0 Å². The van der Waals surface area contributed by atoms with Crippen LogP contribution in [0.5, 0.6) is 0 Å². The Bertz CT molecular complexity index is 922. The Hall–Kier alpha value is -1.40. The van der Waals surface area contributed by atoms with E-state index in [9.17, 15) is 4.79 Å². The van der Waals surface area contributed by atoms with Crippen LogP contribution in [0.15, 0.2) is 22.6 Å². The number of amides is 1. The number of rotatable bonds is 3. The maximum absolute atomic E-state index is 12.7. The van der Waals surface area contributed by atoms with E-state index < -0.39 is 0 Å². The zero-order chi connectivity index (χ0) is 20.8. The molecule has 3 aliphatic rings. The van der Waals surface area contributed by atoms with Crippen molar-refractivity contribution in [3.63, 3.8) is 0 Å². The largest absolute Gasteiger partial charge is 0.423 e. The molecule has 5 rings (SSSR count). The van der Waals surface area contributed by atoms with Gasteiger partial charge in [0.25, 0.3) is 6.01 Å². The summed E-state index contributed by atoms with van der Waals surface area (Å²) in [6, 6.07) is 6.65. The molecule has 2 saturated heterocycles. The standard InChI is InChI=1S/C23H30ClN3O2S/c1-22(10-13-30-15-22)20(28)25-17-4-6-23(7-5-17)8-11-27(12-9-23)21-26-18-14-16(24)2-3-19(18)29-21/h2-3,14,17H,4-13,15H2,1H3,(H,25,28). The smallest absolute Gasteiger partial charge is 0.298 e. The lowest BCUT2D eigenvalue weighted by molar-refractivity contribution is -0.130. The lowest BCUT2D eigenvalue weighted by Gasteiger charge is -2.46. The van der Waals surface area contributed by atoms with E-state index in [0.717, 1.165) is 55.0 Å². The molecule has 1 amide bonds. The summed E-state index contributed by atoms with van der Waals surface area (Å²) in [7, 11) is 0. The van der Waals surface area contributed by atoms with Crippen LogP contribution in [0.2, 0.25) is 5.02 Å². The summed E-state index contributed by atoms with van der Waals surface area (Å²) in [6.07, 6.45) is 7.98. The average Bonchev–Trinajstić information content (AvgIpc) is 3.37. The van der Waals surface area contributed by atoms with Gasteiger partial charge in [-0.3, -0.25) is 4.79 Å². The van der Waals surface area contributed by atoms with E-state index in [1.54, 1.807) is 0 Å². The van der Waals surface area contributed by atoms with Crippen LogP contribution in [0.1, 0.15) is 51.9 Å². The van der Waals surface area contributed by atoms with Gasteiger partial charge >= 0.3 is 0 Å². The quantitative estimate of drug-likeness (QED) is 0.694. The molecule has 30 heavy (non-hydrogen) atoms. The van der Waals surface area contributed by atoms with Crippen LogP contribution in [0, 0.1) is 10.8 Å². The van der Waals surface area contributed by atoms with Crippen LogP contribution in [0.4, 0.5) is 6.01 Å². The number of halogens is 1. The van der Waals surface area contributed by atoms with Crippen molar-refractivity contribution in [3.05, 3.63) is 23.2 Å². The molecule has 7 heteroatoms. The summed E-state index contributed by atoms with van der Waals surface area (Å²) in [5.74, 6) is 2.36. The summed E-state index contributed by atoms with van der Waals surface area (Å²) < 4.78 is 5.96. The summed E-state index contributed by atoms with van der Waals surface area (Å²) in [5.41, 5.74) is 1.87. The van der Waals surface area contributed by atoms with Crippen LogP contribution in [-0.2, 0) is 4.79 Å². The molecule has 3 fully saturated rings. The van der Waals surface area contributed by atoms with Crippen LogP contribution < -0.4 is 10.2 Å². The van der Waals surface area contributed by atoms with Crippen molar-refractivity contribution >= 4 is 46.4 Å². The van der Waals surface area contributed by atoms with Crippen molar-refractivity contribution in [2.45, 2.75) is 57.9 Å². The molecule has 1 unspecified atom stereocenters. The highest BCUT2D eigenvalue weighted by atomic mass is 35.5. The second-order valence-electron chi connectivity index (χ2n) is 9.71. The van der Waals surface area contributed by atoms with Gasteiger partial charge in [-0.25, -0.2) is 0 Å². The molecule has 0 radical (unpaired) electrons. The molecule has 3 heterocycles. The van der Waals surface area contributed by atoms with E-state index in [2.05, 4.69) is 22.1 Å². The number of thioether (sulfide) groups is 1. The normalized spacial score (nSPS) is 27.1. The molecule has 1 atom stereocenters. The fourth-order valence-electron chi connectivity index (χ4n) is 5.28. The molecule has 1 aliphatic carbocycles. The second kappa shape index (κ2) is 7.94. The van der Waals surface area contributed by atoms with Crippen molar-refractivity contribution in [2.75, 3.05) is 29.5 Å². The van der Waals surface area contributed by atoms with Gasteiger partial charge in [0.05, 0.1) is 5.41 Å². The lowest BCUT2D eigenvalue weighted by atomic mass is 9.67. The number of fused-ring (bicyclic) bond motifs is 1. The summed E-state index contributed by atoms with van der Waals surface area (Å²) in [4.78, 5) is 19.7. The van der Waals surface area contributed by atoms with Gasteiger partial charge in [0.15, 0.2) is 5.58 Å². The van der Waals surface area contributed by atoms with Gasteiger partial charge < -0.3 is 14.6 Å². The molecule has 1 aromatic carbocycles. The third-order valence-corrected chi connectivity index (χ3v) is 9.15. The maximum Gasteiger partial charge on any atom is 0.298 e. The van der Waals surface area contributed by atoms with E-state index >= 15 is 0 Å². The van der Waals surface area contributed by atoms with Crippen molar-refractivity contribution in [2.24, 2.45) is 10.8 Å². The Kier molecular flexibility index (Phi) is 5.42. The van der Waals surface area contributed by atoms with Crippen molar-refractivity contribution in [1.82, 2.24) is 10.3 Å². The van der Waals surface area contributed by atoms with Gasteiger partial charge in [-0.1, -0.05) is 11.6 Å². The highest BCUT2D eigenvalue weighted by Gasteiger charge is 2.41. The van der Waals surface area contributed by atoms with E-state index in [-0.39, 0.29) is 11.3 Å². The molecule has 2 aliphatic heterocycles. The Labute approximate surface area is 187 Å². The Morgan fingerprint density at radius 3 is 2.70 bits per heavy atom. The number of aromatic nitrogens is 1. The van der Waals surface area contributed by atoms with E-state index in [0.29, 0.717) is 22.5 Å². The molecule has 5 nitrogen and oxygen atoms in total. The number of hydrogen-bond donors (Lipinski definition) is 1. The van der Waals surface area contributed by atoms with Gasteiger partial charge in [0.1, 0.15) is 5.52 Å². The SMILES string of the molecule is CC1(C(=O)NC2CCC3(CC2)CCN(c2nc4cc(Cl)ccc4o2)CC3)CCSC1. The fourth-order valence-corrected chi connectivity index (χ4v) is 6.91. The van der Waals surface area contributed by atoms with Crippen molar-refractivity contribution < 1.29 is 9.21 Å². The minimum absolute atomic E-state index is 0.158. The highest BCUT2D eigenvalue weighted by molar-refractivity contribution is 7.99. The summed E-state index contributed by atoms with van der Waals surface area (Å²) in [5, 5.41) is 4.06. The highest BCUT2D eigenvalue weighted by Crippen LogP contribution is 2.46. The molecule has 2 aromatic rings. The fraction of sp³-hybridized carbons (Fsp3) is 0.652. The molecule has 1 aromatic heterocycles. The molecule has 0 bridgehead atoms. The predicted octanol–water partition coefficient (Wildman–Crippen LogP) is 5.27. The predicted molar refractivity (Wildman–Crippen MR) is 123 cm³/mol. The van der Waals surface area contributed by atoms with Crippen molar-refractivity contribution in [1.29, 1.82) is 0 Å². The summed E-state index contributed by atoms with van der Waals surface area (Å²) in [6.45, 7) is 4.09. The van der Waals surface area contributed by atoms with Gasteiger partial charge in [0.2, 0.25) is 5.91 Å². The lowest BCUT2D eigenvalue weighted by Crippen LogP contribution is -2.48. The van der Waals surface area contributed by atoms with Crippen LogP contribution in [0.25, 0.3) is 11.1 Å². The number of piperidine rings is 1.